The molecule has 2 aliphatic rings. The second-order valence-corrected chi connectivity index (χ2v) is 14.9. The van der Waals surface area contributed by atoms with Crippen LogP contribution in [0.15, 0.2) is 36.7 Å². The van der Waals surface area contributed by atoms with Crippen LogP contribution in [-0.2, 0) is 19.1 Å². The fourth-order valence-electron chi connectivity index (χ4n) is 7.72. The van der Waals surface area contributed by atoms with Crippen LogP contribution in [0.5, 0.6) is 0 Å². The maximum atomic E-state index is 13.6. The lowest BCUT2D eigenvalue weighted by Crippen LogP contribution is -2.51. The van der Waals surface area contributed by atoms with Crippen molar-refractivity contribution in [3.8, 4) is 22.8 Å². The van der Waals surface area contributed by atoms with Gasteiger partial charge < -0.3 is 49.8 Å². The van der Waals surface area contributed by atoms with Crippen molar-refractivity contribution in [3.05, 3.63) is 48.3 Å². The lowest BCUT2D eigenvalue weighted by atomic mass is 10.0. The fraction of sp³-hybridized carbons (Fsp3) is 0.474. The largest absolute Gasteiger partial charge is 0.453 e. The third kappa shape index (κ3) is 6.99. The summed E-state index contributed by atoms with van der Waals surface area (Å²) >= 11 is 0. The minimum Gasteiger partial charge on any atom is -0.453 e. The summed E-state index contributed by atoms with van der Waals surface area (Å²) < 4.78 is 9.51. The quantitative estimate of drug-likeness (QED) is 0.107. The van der Waals surface area contributed by atoms with Gasteiger partial charge in [-0.25, -0.2) is 19.6 Å². The summed E-state index contributed by atoms with van der Waals surface area (Å²) in [7, 11) is 2.57. The van der Waals surface area contributed by atoms with Gasteiger partial charge in [0.05, 0.1) is 61.5 Å². The maximum absolute atomic E-state index is 13.6. The highest BCUT2D eigenvalue weighted by molar-refractivity contribution is 5.99. The molecule has 4 amide bonds. The van der Waals surface area contributed by atoms with Crippen LogP contribution in [0.2, 0.25) is 0 Å². The van der Waals surface area contributed by atoms with E-state index in [4.69, 9.17) is 9.47 Å². The van der Waals surface area contributed by atoms with E-state index in [0.717, 1.165) is 70.3 Å². The molecule has 2 saturated heterocycles. The number of hydrogen-bond donors (Lipinski definition) is 6. The Hall–Kier alpha value is -5.80. The molecule has 4 aromatic heterocycles. The smallest absolute Gasteiger partial charge is 0.407 e. The zero-order valence-electron chi connectivity index (χ0n) is 31.4. The molecule has 54 heavy (non-hydrogen) atoms. The van der Waals surface area contributed by atoms with Crippen LogP contribution < -0.4 is 10.6 Å². The summed E-state index contributed by atoms with van der Waals surface area (Å²) in [5, 5.41) is 7.41. The molecule has 6 heterocycles. The van der Waals surface area contributed by atoms with Crippen LogP contribution in [0.3, 0.4) is 0 Å². The van der Waals surface area contributed by atoms with Crippen molar-refractivity contribution in [2.75, 3.05) is 27.3 Å². The number of amides is 4. The average molecular weight is 741 g/mol. The zero-order chi connectivity index (χ0) is 38.3. The minimum atomic E-state index is -0.698. The Kier molecular flexibility index (Phi) is 10.1. The molecular weight excluding hydrogens is 692 g/mol. The molecule has 2 fully saturated rings. The van der Waals surface area contributed by atoms with Crippen molar-refractivity contribution in [1.29, 1.82) is 0 Å². The number of imidazole rings is 2. The lowest BCUT2D eigenvalue weighted by Gasteiger charge is -2.30. The predicted octanol–water partition coefficient (Wildman–Crippen LogP) is 5.52. The minimum absolute atomic E-state index is 0.114. The number of fused-ring (bicyclic) bond motifs is 2. The first-order valence-electron chi connectivity index (χ1n) is 18.5. The van der Waals surface area contributed by atoms with Gasteiger partial charge in [0.1, 0.15) is 23.7 Å². The summed E-state index contributed by atoms with van der Waals surface area (Å²) in [6, 6.07) is 6.47. The molecule has 286 valence electrons. The van der Waals surface area contributed by atoms with E-state index in [9.17, 15) is 19.2 Å². The zero-order valence-corrected chi connectivity index (χ0v) is 31.4. The van der Waals surface area contributed by atoms with Gasteiger partial charge in [-0.05, 0) is 61.8 Å². The van der Waals surface area contributed by atoms with Crippen molar-refractivity contribution in [2.24, 2.45) is 11.8 Å². The highest BCUT2D eigenvalue weighted by Gasteiger charge is 2.39. The van der Waals surface area contributed by atoms with Crippen LogP contribution in [0.4, 0.5) is 9.59 Å². The van der Waals surface area contributed by atoms with Gasteiger partial charge in [0, 0.05) is 34.9 Å². The Bertz CT molecular complexity index is 1980. The lowest BCUT2D eigenvalue weighted by molar-refractivity contribution is -0.136. The van der Waals surface area contributed by atoms with Crippen LogP contribution in [0.25, 0.3) is 44.6 Å². The Morgan fingerprint density at radius 3 is 1.43 bits per heavy atom. The van der Waals surface area contributed by atoms with Gasteiger partial charge >= 0.3 is 12.2 Å². The van der Waals surface area contributed by atoms with Crippen LogP contribution in [0, 0.1) is 11.8 Å². The third-order valence-corrected chi connectivity index (χ3v) is 10.6. The summed E-state index contributed by atoms with van der Waals surface area (Å²) in [5.74, 6) is 0.877. The summed E-state index contributed by atoms with van der Waals surface area (Å²) in [5.41, 5.74) is 5.27. The van der Waals surface area contributed by atoms with Gasteiger partial charge in [-0.2, -0.15) is 0 Å². The van der Waals surface area contributed by atoms with Crippen LogP contribution >= 0.6 is 0 Å². The molecule has 4 atom stereocenters. The number of carbonyl (C=O) groups excluding carboxylic acids is 4. The number of aromatic nitrogens is 6. The van der Waals surface area contributed by atoms with Gasteiger partial charge in [-0.1, -0.05) is 27.7 Å². The van der Waals surface area contributed by atoms with E-state index in [2.05, 4.69) is 64.8 Å². The number of hydrogen-bond acceptors (Lipinski definition) is 8. The normalized spacial score (nSPS) is 18.5. The Morgan fingerprint density at radius 1 is 0.648 bits per heavy atom. The summed E-state index contributed by atoms with van der Waals surface area (Å²) in [4.78, 5) is 78.0. The van der Waals surface area contributed by atoms with E-state index in [1.54, 1.807) is 22.2 Å². The molecule has 0 radical (unpaired) electrons. The van der Waals surface area contributed by atoms with Crippen LogP contribution in [-0.4, -0.2) is 103 Å². The summed E-state index contributed by atoms with van der Waals surface area (Å²) in [6.07, 6.45) is 5.51. The number of ether oxygens (including phenoxy) is 2. The van der Waals surface area contributed by atoms with Crippen molar-refractivity contribution in [2.45, 2.75) is 77.5 Å². The highest BCUT2D eigenvalue weighted by atomic mass is 16.5. The number of methoxy groups -OCH3 is 2. The molecule has 0 spiro atoms. The van der Waals surface area contributed by atoms with E-state index < -0.39 is 24.3 Å². The van der Waals surface area contributed by atoms with Crippen molar-refractivity contribution < 1.29 is 28.7 Å². The maximum Gasteiger partial charge on any atom is 0.407 e. The van der Waals surface area contributed by atoms with E-state index in [1.165, 1.54) is 14.2 Å². The number of H-pyrrole nitrogens is 4. The Morgan fingerprint density at radius 2 is 1.06 bits per heavy atom. The predicted molar refractivity (Wildman–Crippen MR) is 201 cm³/mol. The molecule has 7 rings (SSSR count). The molecule has 0 unspecified atom stereocenters. The third-order valence-electron chi connectivity index (χ3n) is 10.6. The van der Waals surface area contributed by atoms with E-state index >= 15 is 0 Å². The van der Waals surface area contributed by atoms with E-state index in [-0.39, 0.29) is 35.7 Å². The molecule has 6 N–H and O–H groups in total. The first kappa shape index (κ1) is 36.6. The van der Waals surface area contributed by atoms with Gasteiger partial charge in [0.25, 0.3) is 0 Å². The fourth-order valence-corrected chi connectivity index (χ4v) is 7.72. The Labute approximate surface area is 312 Å². The first-order chi connectivity index (χ1) is 25.9. The second kappa shape index (κ2) is 14.9. The SMILES string of the molecule is COC(=O)N[C@H](C(=O)N1CCC[C@H]1c1ncc(-c2cc3cc4[nH]c(-c5cnc([C@@H]6CCCN6C(=O)[C@@H](NC(=O)OC)C(C)C)[nH]5)cc4cc3[nH]2)[nH]1)C(C)C. The average Bonchev–Trinajstić information content (AvgIpc) is 4.00. The van der Waals surface area contributed by atoms with Gasteiger partial charge in [0.2, 0.25) is 11.8 Å². The number of alkyl carbamates (subject to hydrolysis) is 2. The number of likely N-dealkylation sites (tertiary alicyclic amines) is 2. The van der Waals surface area contributed by atoms with Crippen LogP contribution in [0.1, 0.15) is 77.1 Å². The van der Waals surface area contributed by atoms with Gasteiger partial charge in [-0.3, -0.25) is 9.59 Å². The Balaban J connectivity index is 1.07. The standard InChI is InChI=1S/C38H48N10O6/c1-19(2)31(45-37(51)53-5)35(49)47-11-7-9-29(47)33-39-17-27(43-33)25-15-21-13-24-22(14-23(21)41-25)16-26(42-24)28-18-40-34(44-28)30-10-8-12-48(30)36(50)32(20(3)4)46-38(52)54-6/h13-20,29-32,41-42H,7-12H2,1-6H3,(H,39,43)(H,40,44)(H,45,51)(H,46,52)/t29-,30-,31-,32-/m0/s1. The number of rotatable bonds is 10. The van der Waals surface area contributed by atoms with Gasteiger partial charge in [0.15, 0.2) is 0 Å². The molecule has 2 aliphatic heterocycles. The number of nitrogens with one attached hydrogen (secondary N) is 6. The number of aromatic amines is 4. The first-order valence-corrected chi connectivity index (χ1v) is 18.5. The van der Waals surface area contributed by atoms with Crippen molar-refractivity contribution >= 4 is 45.8 Å². The molecule has 5 aromatic rings. The summed E-state index contributed by atoms with van der Waals surface area (Å²) in [6.45, 7) is 8.75. The molecule has 16 heteroatoms. The molecule has 1 aromatic carbocycles. The van der Waals surface area contributed by atoms with Crippen molar-refractivity contribution in [3.63, 3.8) is 0 Å². The molecule has 0 saturated carbocycles. The monoisotopic (exact) mass is 740 g/mol. The molecule has 0 bridgehead atoms. The number of nitrogens with zero attached hydrogens (tertiary/aromatic N) is 4. The van der Waals surface area contributed by atoms with Crippen molar-refractivity contribution in [1.82, 2.24) is 50.3 Å². The molecular formula is C38H48N10O6. The number of carbonyl (C=O) groups is 4. The number of benzene rings is 1. The topological polar surface area (TPSA) is 206 Å². The highest BCUT2D eigenvalue weighted by Crippen LogP contribution is 2.36. The van der Waals surface area contributed by atoms with E-state index in [0.29, 0.717) is 24.7 Å². The second-order valence-electron chi connectivity index (χ2n) is 14.9. The molecule has 16 nitrogen and oxygen atoms in total. The van der Waals surface area contributed by atoms with E-state index in [1.807, 2.05) is 27.7 Å². The molecule has 0 aliphatic carbocycles. The van der Waals surface area contributed by atoms with Gasteiger partial charge in [-0.15, -0.1) is 0 Å².